The summed E-state index contributed by atoms with van der Waals surface area (Å²) in [6.07, 6.45) is 0.767. The van der Waals surface area contributed by atoms with Gasteiger partial charge in [0.15, 0.2) is 0 Å². The number of fused-ring (bicyclic) bond motifs is 1. The van der Waals surface area contributed by atoms with Crippen molar-refractivity contribution in [3.05, 3.63) is 59.6 Å². The number of carbonyl (C=O) groups excluding carboxylic acids is 2. The van der Waals surface area contributed by atoms with Crippen LogP contribution in [-0.4, -0.2) is 30.8 Å². The molecule has 1 aromatic heterocycles. The Morgan fingerprint density at radius 3 is 2.88 bits per heavy atom. The number of aromatic nitrogens is 1. The van der Waals surface area contributed by atoms with Crippen LogP contribution in [0.3, 0.4) is 0 Å². The van der Waals surface area contributed by atoms with Gasteiger partial charge in [0, 0.05) is 24.9 Å². The molecule has 134 valence electrons. The number of hydrogen-bond acceptors (Lipinski definition) is 7. The number of likely N-dealkylation sites (N-methyl/N-ethyl adjacent to an activating group) is 1. The van der Waals surface area contributed by atoms with Crippen molar-refractivity contribution in [1.82, 2.24) is 14.4 Å². The summed E-state index contributed by atoms with van der Waals surface area (Å²) in [5.41, 5.74) is 4.29. The van der Waals surface area contributed by atoms with E-state index in [0.29, 0.717) is 0 Å². The fourth-order valence-corrected chi connectivity index (χ4v) is 3.71. The quantitative estimate of drug-likeness (QED) is 0.352. The third-order valence-corrected chi connectivity index (χ3v) is 5.30. The molecule has 0 aliphatic rings. The highest BCUT2D eigenvalue weighted by atomic mass is 32.2. The van der Waals surface area contributed by atoms with Gasteiger partial charge in [-0.25, -0.2) is 14.4 Å². The number of amides is 1. The molecule has 3 aromatic rings. The fraction of sp³-hybridized carbons (Fsp3) is 0.167. The van der Waals surface area contributed by atoms with Crippen LogP contribution in [0.2, 0.25) is 0 Å². The van der Waals surface area contributed by atoms with E-state index in [4.69, 9.17) is 0 Å². The van der Waals surface area contributed by atoms with Crippen molar-refractivity contribution in [3.8, 4) is 0 Å². The van der Waals surface area contributed by atoms with Crippen molar-refractivity contribution in [3.63, 3.8) is 0 Å². The van der Waals surface area contributed by atoms with E-state index in [-0.39, 0.29) is 12.5 Å². The Kier molecular flexibility index (Phi) is 6.35. The monoisotopic (exact) mass is 386 g/mol. The summed E-state index contributed by atoms with van der Waals surface area (Å²) in [4.78, 5) is 29.5. The first-order valence-electron chi connectivity index (χ1n) is 7.94. The predicted octanol–water partition coefficient (Wildman–Crippen LogP) is 2.94. The predicted molar refractivity (Wildman–Crippen MR) is 107 cm³/mol. The number of benzene rings is 2. The molecule has 3 rings (SSSR count). The van der Waals surface area contributed by atoms with E-state index in [1.807, 2.05) is 48.5 Å². The van der Waals surface area contributed by atoms with E-state index in [1.54, 1.807) is 28.8 Å². The number of hydrogen-bond donors (Lipinski definition) is 2. The van der Waals surface area contributed by atoms with Gasteiger partial charge >= 0.3 is 0 Å². The van der Waals surface area contributed by atoms with E-state index in [1.165, 1.54) is 0 Å². The largest absolute Gasteiger partial charge is 0.314 e. The van der Waals surface area contributed by atoms with Crippen molar-refractivity contribution in [2.24, 2.45) is 0 Å². The minimum Gasteiger partial charge on any atom is -0.314 e. The first-order chi connectivity index (χ1) is 12.7. The fourth-order valence-electron chi connectivity index (χ4n) is 2.46. The summed E-state index contributed by atoms with van der Waals surface area (Å²) in [5, 5.41) is 0. The van der Waals surface area contributed by atoms with Gasteiger partial charge in [-0.05, 0) is 23.8 Å². The smallest absolute Gasteiger partial charge is 0.249 e. The molecular weight excluding hydrogens is 368 g/mol. The molecule has 0 saturated heterocycles. The lowest BCUT2D eigenvalue weighted by Crippen LogP contribution is -2.37. The molecule has 1 unspecified atom stereocenters. The topological polar surface area (TPSA) is 74.3 Å². The SMILES string of the molecule is CN(C(=O)C(NSNCC=O)c1ccccc1)c1ccc2scnc2c1. The van der Waals surface area contributed by atoms with Crippen LogP contribution in [0.1, 0.15) is 11.6 Å². The number of nitrogens with zero attached hydrogens (tertiary/aromatic N) is 2. The highest BCUT2D eigenvalue weighted by molar-refractivity contribution is 7.95. The molecule has 0 bridgehead atoms. The average Bonchev–Trinajstić information content (AvgIpc) is 3.15. The summed E-state index contributed by atoms with van der Waals surface area (Å²) in [6, 6.07) is 14.7. The van der Waals surface area contributed by atoms with Crippen LogP contribution in [0.25, 0.3) is 10.2 Å². The van der Waals surface area contributed by atoms with E-state index in [9.17, 15) is 9.59 Å². The van der Waals surface area contributed by atoms with Crippen LogP contribution in [0.15, 0.2) is 54.0 Å². The van der Waals surface area contributed by atoms with Gasteiger partial charge in [-0.1, -0.05) is 30.3 Å². The van der Waals surface area contributed by atoms with Gasteiger partial charge in [0.25, 0.3) is 0 Å². The second kappa shape index (κ2) is 8.91. The molecule has 1 heterocycles. The van der Waals surface area contributed by atoms with Crippen LogP contribution in [0, 0.1) is 0 Å². The third kappa shape index (κ3) is 4.28. The highest BCUT2D eigenvalue weighted by Gasteiger charge is 2.25. The molecule has 1 amide bonds. The maximum atomic E-state index is 13.1. The van der Waals surface area contributed by atoms with Crippen molar-refractivity contribution in [2.45, 2.75) is 6.04 Å². The normalized spacial score (nSPS) is 12.0. The van der Waals surface area contributed by atoms with Crippen molar-refractivity contribution in [2.75, 3.05) is 18.5 Å². The van der Waals surface area contributed by atoms with Gasteiger partial charge in [0.2, 0.25) is 5.91 Å². The molecule has 6 nitrogen and oxygen atoms in total. The molecule has 0 saturated carbocycles. The maximum Gasteiger partial charge on any atom is 0.249 e. The van der Waals surface area contributed by atoms with E-state index < -0.39 is 6.04 Å². The lowest BCUT2D eigenvalue weighted by Gasteiger charge is -2.24. The van der Waals surface area contributed by atoms with Crippen LogP contribution < -0.4 is 14.3 Å². The first-order valence-corrected chi connectivity index (χ1v) is 9.64. The number of rotatable bonds is 8. The molecule has 0 aliphatic heterocycles. The Morgan fingerprint density at radius 1 is 1.31 bits per heavy atom. The maximum absolute atomic E-state index is 13.1. The Hall–Kier alpha value is -2.26. The number of anilines is 1. The Labute approximate surface area is 159 Å². The number of aldehydes is 1. The van der Waals surface area contributed by atoms with E-state index in [2.05, 4.69) is 14.4 Å². The molecule has 8 heteroatoms. The minimum absolute atomic E-state index is 0.105. The van der Waals surface area contributed by atoms with Crippen LogP contribution in [0.5, 0.6) is 0 Å². The van der Waals surface area contributed by atoms with Crippen molar-refractivity contribution < 1.29 is 9.59 Å². The van der Waals surface area contributed by atoms with Crippen LogP contribution in [-0.2, 0) is 9.59 Å². The second-order valence-electron chi connectivity index (χ2n) is 5.48. The number of carbonyl (C=O) groups is 2. The molecular formula is C18H18N4O2S2. The lowest BCUT2D eigenvalue weighted by atomic mass is 10.1. The molecule has 26 heavy (non-hydrogen) atoms. The Bertz CT molecular complexity index is 885. The van der Waals surface area contributed by atoms with Gasteiger partial charge in [0.05, 0.1) is 22.3 Å². The van der Waals surface area contributed by atoms with Gasteiger partial charge in [-0.15, -0.1) is 11.3 Å². The Morgan fingerprint density at radius 2 is 2.12 bits per heavy atom. The van der Waals surface area contributed by atoms with E-state index in [0.717, 1.165) is 39.9 Å². The second-order valence-corrected chi connectivity index (χ2v) is 7.10. The summed E-state index contributed by atoms with van der Waals surface area (Å²) in [6.45, 7) is 0.198. The van der Waals surface area contributed by atoms with Gasteiger partial charge in [-0.3, -0.25) is 4.79 Å². The molecule has 2 N–H and O–H groups in total. The number of thiazole rings is 1. The van der Waals surface area contributed by atoms with Gasteiger partial charge in [0.1, 0.15) is 12.3 Å². The van der Waals surface area contributed by atoms with Crippen molar-refractivity contribution in [1.29, 1.82) is 0 Å². The zero-order valence-corrected chi connectivity index (χ0v) is 15.7. The molecule has 0 fully saturated rings. The summed E-state index contributed by atoms with van der Waals surface area (Å²) in [7, 11) is 1.75. The zero-order chi connectivity index (χ0) is 18.4. The van der Waals surface area contributed by atoms with E-state index >= 15 is 0 Å². The van der Waals surface area contributed by atoms with Crippen LogP contribution >= 0.6 is 23.5 Å². The Balaban J connectivity index is 1.81. The van der Waals surface area contributed by atoms with Crippen molar-refractivity contribution >= 4 is 51.6 Å². The molecule has 2 aromatic carbocycles. The molecule has 0 spiro atoms. The average molecular weight is 387 g/mol. The molecule has 0 aliphatic carbocycles. The first kappa shape index (κ1) is 18.5. The standard InChI is InChI=1S/C18H18N4O2S2/c1-22(14-7-8-16-15(11-14)19-12-25-16)18(24)17(21-26-20-9-10-23)13-5-3-2-4-6-13/h2-8,10-12,17,20-21H,9H2,1H3. The van der Waals surface area contributed by atoms with Gasteiger partial charge < -0.3 is 9.69 Å². The summed E-state index contributed by atoms with van der Waals surface area (Å²) < 4.78 is 7.03. The summed E-state index contributed by atoms with van der Waals surface area (Å²) in [5.74, 6) is -0.105. The zero-order valence-electron chi connectivity index (χ0n) is 14.1. The minimum atomic E-state index is -0.559. The number of nitrogens with one attached hydrogen (secondary N) is 2. The molecule has 0 radical (unpaired) electrons. The lowest BCUT2D eigenvalue weighted by molar-refractivity contribution is -0.120. The van der Waals surface area contributed by atoms with Gasteiger partial charge in [-0.2, -0.15) is 0 Å². The highest BCUT2D eigenvalue weighted by Crippen LogP contribution is 2.26. The third-order valence-electron chi connectivity index (χ3n) is 3.83. The molecule has 1 atom stereocenters. The summed E-state index contributed by atoms with van der Waals surface area (Å²) >= 11 is 2.70. The van der Waals surface area contributed by atoms with Crippen LogP contribution in [0.4, 0.5) is 5.69 Å².